The predicted molar refractivity (Wildman–Crippen MR) is 50.0 cm³/mol. The molecule has 3 N–H and O–H groups in total. The van der Waals surface area contributed by atoms with Gasteiger partial charge >= 0.3 is 0 Å². The quantitative estimate of drug-likeness (QED) is 0.669. The Morgan fingerprint density at radius 2 is 2.46 bits per heavy atom. The topological polar surface area (TPSA) is 68.0 Å². The molecule has 1 heterocycles. The van der Waals surface area contributed by atoms with Gasteiger partial charge < -0.3 is 11.1 Å². The first kappa shape index (κ1) is 9.67. The van der Waals surface area contributed by atoms with Gasteiger partial charge in [-0.15, -0.1) is 0 Å². The van der Waals surface area contributed by atoms with Crippen molar-refractivity contribution in [2.24, 2.45) is 5.73 Å². The van der Waals surface area contributed by atoms with E-state index in [1.807, 2.05) is 18.2 Å². The van der Waals surface area contributed by atoms with Crippen LogP contribution in [0.5, 0.6) is 0 Å². The summed E-state index contributed by atoms with van der Waals surface area (Å²) in [6.07, 6.45) is 2.16. The van der Waals surface area contributed by atoms with Crippen LogP contribution in [0.15, 0.2) is 24.4 Å². The fourth-order valence-electron chi connectivity index (χ4n) is 1.02. The Morgan fingerprint density at radius 3 is 3.00 bits per heavy atom. The molecule has 0 fully saturated rings. The number of nitrogens with two attached hydrogens (primary N) is 1. The van der Waals surface area contributed by atoms with Crippen molar-refractivity contribution < 1.29 is 4.79 Å². The zero-order valence-corrected chi connectivity index (χ0v) is 7.53. The first-order valence-electron chi connectivity index (χ1n) is 4.11. The Hall–Kier alpha value is -1.42. The number of carbonyl (C=O) groups excluding carboxylic acids is 1. The van der Waals surface area contributed by atoms with E-state index in [1.165, 1.54) is 0 Å². The summed E-state index contributed by atoms with van der Waals surface area (Å²) < 4.78 is 0. The monoisotopic (exact) mass is 179 g/mol. The number of nitrogens with zero attached hydrogens (tertiary/aromatic N) is 1. The molecule has 70 valence electrons. The van der Waals surface area contributed by atoms with Crippen LogP contribution in [0.25, 0.3) is 0 Å². The summed E-state index contributed by atoms with van der Waals surface area (Å²) in [4.78, 5) is 15.1. The molecule has 0 aliphatic carbocycles. The number of hydrogen-bond acceptors (Lipinski definition) is 3. The minimum atomic E-state index is -0.514. The number of carbonyl (C=O) groups is 1. The van der Waals surface area contributed by atoms with E-state index in [2.05, 4.69) is 10.3 Å². The van der Waals surface area contributed by atoms with Gasteiger partial charge in [0.15, 0.2) is 0 Å². The van der Waals surface area contributed by atoms with Crippen molar-refractivity contribution in [2.75, 3.05) is 7.05 Å². The van der Waals surface area contributed by atoms with Crippen molar-refractivity contribution in [1.82, 2.24) is 10.3 Å². The van der Waals surface area contributed by atoms with Gasteiger partial charge in [-0.2, -0.15) is 0 Å². The lowest BCUT2D eigenvalue weighted by atomic mass is 10.1. The lowest BCUT2D eigenvalue weighted by Gasteiger charge is -2.08. The molecule has 0 bridgehead atoms. The third-order valence-electron chi connectivity index (χ3n) is 1.74. The van der Waals surface area contributed by atoms with E-state index >= 15 is 0 Å². The van der Waals surface area contributed by atoms with E-state index in [9.17, 15) is 4.79 Å². The van der Waals surface area contributed by atoms with E-state index in [4.69, 9.17) is 5.73 Å². The van der Waals surface area contributed by atoms with Crippen molar-refractivity contribution in [3.05, 3.63) is 30.1 Å². The fourth-order valence-corrected chi connectivity index (χ4v) is 1.02. The molecule has 1 atom stereocenters. The predicted octanol–water partition coefficient (Wildman–Crippen LogP) is -0.303. The second-order valence-electron chi connectivity index (χ2n) is 2.75. The third kappa shape index (κ3) is 2.83. The molecule has 0 aromatic carbocycles. The summed E-state index contributed by atoms with van der Waals surface area (Å²) in [7, 11) is 1.57. The Morgan fingerprint density at radius 1 is 1.69 bits per heavy atom. The van der Waals surface area contributed by atoms with Gasteiger partial charge in [0, 0.05) is 25.4 Å². The van der Waals surface area contributed by atoms with Crippen LogP contribution in [-0.2, 0) is 11.2 Å². The molecule has 4 nitrogen and oxygen atoms in total. The van der Waals surface area contributed by atoms with Crippen molar-refractivity contribution in [3.8, 4) is 0 Å². The van der Waals surface area contributed by atoms with Crippen molar-refractivity contribution >= 4 is 5.91 Å². The zero-order chi connectivity index (χ0) is 9.68. The molecule has 13 heavy (non-hydrogen) atoms. The summed E-state index contributed by atoms with van der Waals surface area (Å²) >= 11 is 0. The van der Waals surface area contributed by atoms with Crippen LogP contribution in [0, 0.1) is 0 Å². The van der Waals surface area contributed by atoms with E-state index in [-0.39, 0.29) is 5.91 Å². The largest absolute Gasteiger partial charge is 0.358 e. The highest BCUT2D eigenvalue weighted by Crippen LogP contribution is 1.97. The molecule has 1 rings (SSSR count). The number of likely N-dealkylation sites (N-methyl/N-ethyl adjacent to an activating group) is 1. The van der Waals surface area contributed by atoms with Crippen molar-refractivity contribution in [1.29, 1.82) is 0 Å². The highest BCUT2D eigenvalue weighted by atomic mass is 16.2. The van der Waals surface area contributed by atoms with E-state index in [0.717, 1.165) is 5.69 Å². The maximum absolute atomic E-state index is 11.1. The minimum Gasteiger partial charge on any atom is -0.358 e. The molecule has 4 heteroatoms. The first-order valence-corrected chi connectivity index (χ1v) is 4.11. The number of pyridine rings is 1. The molecule has 0 saturated heterocycles. The molecule has 1 aromatic rings. The summed E-state index contributed by atoms with van der Waals surface area (Å²) in [5, 5.41) is 2.49. The molecule has 0 aliphatic rings. The van der Waals surface area contributed by atoms with Gasteiger partial charge in [-0.05, 0) is 12.1 Å². The highest BCUT2D eigenvalue weighted by molar-refractivity contribution is 5.81. The van der Waals surface area contributed by atoms with Gasteiger partial charge in [0.05, 0.1) is 6.04 Å². The standard InChI is InChI=1S/C9H13N3O/c1-11-9(13)8(10)6-7-4-2-3-5-12-7/h2-5,8H,6,10H2,1H3,(H,11,13)/t8-/m0/s1. The van der Waals surface area contributed by atoms with Gasteiger partial charge in [-0.1, -0.05) is 6.07 Å². The minimum absolute atomic E-state index is 0.161. The third-order valence-corrected chi connectivity index (χ3v) is 1.74. The Kier molecular flexibility index (Phi) is 3.40. The van der Waals surface area contributed by atoms with Gasteiger partial charge in [-0.25, -0.2) is 0 Å². The van der Waals surface area contributed by atoms with Crippen molar-refractivity contribution in [2.45, 2.75) is 12.5 Å². The Balaban J connectivity index is 2.55. The van der Waals surface area contributed by atoms with Crippen LogP contribution < -0.4 is 11.1 Å². The van der Waals surface area contributed by atoms with E-state index < -0.39 is 6.04 Å². The normalized spacial score (nSPS) is 12.2. The van der Waals surface area contributed by atoms with Crippen molar-refractivity contribution in [3.63, 3.8) is 0 Å². The van der Waals surface area contributed by atoms with Crippen LogP contribution in [0.4, 0.5) is 0 Å². The van der Waals surface area contributed by atoms with Gasteiger partial charge in [0.2, 0.25) is 5.91 Å². The Labute approximate surface area is 77.2 Å². The average Bonchev–Trinajstić information content (AvgIpc) is 2.18. The SMILES string of the molecule is CNC(=O)[C@@H](N)Cc1ccccn1. The second-order valence-corrected chi connectivity index (χ2v) is 2.75. The summed E-state index contributed by atoms with van der Waals surface area (Å²) in [5.41, 5.74) is 6.44. The molecule has 0 saturated carbocycles. The second kappa shape index (κ2) is 4.57. The molecule has 0 aliphatic heterocycles. The molecule has 0 spiro atoms. The lowest BCUT2D eigenvalue weighted by molar-refractivity contribution is -0.121. The number of amides is 1. The molecule has 0 radical (unpaired) electrons. The number of nitrogens with one attached hydrogen (secondary N) is 1. The molecular weight excluding hydrogens is 166 g/mol. The molecule has 1 amide bonds. The van der Waals surface area contributed by atoms with Crippen LogP contribution in [0.3, 0.4) is 0 Å². The van der Waals surface area contributed by atoms with Gasteiger partial charge in [-0.3, -0.25) is 9.78 Å². The highest BCUT2D eigenvalue weighted by Gasteiger charge is 2.11. The maximum atomic E-state index is 11.1. The number of rotatable bonds is 3. The summed E-state index contributed by atoms with van der Waals surface area (Å²) in [6.45, 7) is 0. The van der Waals surface area contributed by atoms with Crippen LogP contribution in [0.1, 0.15) is 5.69 Å². The lowest BCUT2D eigenvalue weighted by Crippen LogP contribution is -2.40. The van der Waals surface area contributed by atoms with E-state index in [0.29, 0.717) is 6.42 Å². The van der Waals surface area contributed by atoms with Gasteiger partial charge in [0.1, 0.15) is 0 Å². The van der Waals surface area contributed by atoms with E-state index in [1.54, 1.807) is 13.2 Å². The van der Waals surface area contributed by atoms with Crippen LogP contribution >= 0.6 is 0 Å². The zero-order valence-electron chi connectivity index (χ0n) is 7.53. The molecule has 1 aromatic heterocycles. The summed E-state index contributed by atoms with van der Waals surface area (Å²) in [5.74, 6) is -0.161. The molecule has 0 unspecified atom stereocenters. The van der Waals surface area contributed by atoms with Crippen LogP contribution in [-0.4, -0.2) is 24.0 Å². The first-order chi connectivity index (χ1) is 6.24. The summed E-state index contributed by atoms with van der Waals surface area (Å²) in [6, 6.07) is 5.04. The molecular formula is C9H13N3O. The number of hydrogen-bond donors (Lipinski definition) is 2. The number of aromatic nitrogens is 1. The smallest absolute Gasteiger partial charge is 0.237 e. The maximum Gasteiger partial charge on any atom is 0.237 e. The van der Waals surface area contributed by atoms with Gasteiger partial charge in [0.25, 0.3) is 0 Å². The van der Waals surface area contributed by atoms with Crippen LogP contribution in [0.2, 0.25) is 0 Å². The average molecular weight is 179 g/mol. The fraction of sp³-hybridized carbons (Fsp3) is 0.333. The Bertz CT molecular complexity index is 273.